The average Bonchev–Trinajstić information content (AvgIpc) is 2.53. The van der Waals surface area contributed by atoms with Crippen molar-refractivity contribution in [3.8, 4) is 5.75 Å². The molecular formula is C18H20ClFN2O2. The summed E-state index contributed by atoms with van der Waals surface area (Å²) in [6.45, 7) is 3.17. The Morgan fingerprint density at radius 2 is 1.96 bits per heavy atom. The van der Waals surface area contributed by atoms with Crippen molar-refractivity contribution in [3.63, 3.8) is 0 Å². The lowest BCUT2D eigenvalue weighted by molar-refractivity contribution is -0.117. The minimum atomic E-state index is -0.516. The van der Waals surface area contributed by atoms with Gasteiger partial charge in [0.05, 0.1) is 12.2 Å². The van der Waals surface area contributed by atoms with E-state index >= 15 is 0 Å². The van der Waals surface area contributed by atoms with E-state index in [0.29, 0.717) is 18.2 Å². The smallest absolute Gasteiger partial charge is 0.238 e. The zero-order valence-corrected chi connectivity index (χ0v) is 14.4. The van der Waals surface area contributed by atoms with E-state index < -0.39 is 5.82 Å². The van der Waals surface area contributed by atoms with Crippen LogP contribution in [0, 0.1) is 12.7 Å². The number of likely N-dealkylation sites (N-methyl/N-ethyl adjacent to an activating group) is 1. The molecule has 128 valence electrons. The Morgan fingerprint density at radius 3 is 2.67 bits per heavy atom. The van der Waals surface area contributed by atoms with Crippen molar-refractivity contribution < 1.29 is 13.9 Å². The van der Waals surface area contributed by atoms with Crippen molar-refractivity contribution in [1.29, 1.82) is 0 Å². The van der Waals surface area contributed by atoms with Gasteiger partial charge in [0, 0.05) is 11.6 Å². The quantitative estimate of drug-likeness (QED) is 0.827. The van der Waals surface area contributed by atoms with E-state index in [1.165, 1.54) is 23.8 Å². The third-order valence-electron chi connectivity index (χ3n) is 3.38. The topological polar surface area (TPSA) is 41.6 Å². The molecule has 0 aliphatic heterocycles. The molecule has 0 fully saturated rings. The average molecular weight is 351 g/mol. The Bertz CT molecular complexity index is 692. The van der Waals surface area contributed by atoms with Crippen LogP contribution in [0.3, 0.4) is 0 Å². The first-order chi connectivity index (χ1) is 11.4. The van der Waals surface area contributed by atoms with Gasteiger partial charge in [-0.3, -0.25) is 9.69 Å². The van der Waals surface area contributed by atoms with E-state index in [4.69, 9.17) is 16.3 Å². The Balaban J connectivity index is 1.75. The summed E-state index contributed by atoms with van der Waals surface area (Å²) in [4.78, 5) is 13.8. The van der Waals surface area contributed by atoms with Gasteiger partial charge in [0.25, 0.3) is 0 Å². The van der Waals surface area contributed by atoms with E-state index in [9.17, 15) is 9.18 Å². The maximum atomic E-state index is 13.6. The molecule has 0 saturated carbocycles. The number of hydrogen-bond acceptors (Lipinski definition) is 3. The SMILES string of the molecule is Cc1ccc(OCCN(C)CC(=O)Nc2cc(Cl)ccc2F)cc1. The zero-order valence-electron chi connectivity index (χ0n) is 13.7. The van der Waals surface area contributed by atoms with Gasteiger partial charge >= 0.3 is 0 Å². The van der Waals surface area contributed by atoms with Crippen LogP contribution in [-0.4, -0.2) is 37.6 Å². The summed E-state index contributed by atoms with van der Waals surface area (Å²) < 4.78 is 19.2. The fourth-order valence-corrected chi connectivity index (χ4v) is 2.23. The molecule has 0 atom stereocenters. The first kappa shape index (κ1) is 18.2. The van der Waals surface area contributed by atoms with Gasteiger partial charge in [-0.1, -0.05) is 29.3 Å². The minimum absolute atomic E-state index is 0.0804. The van der Waals surface area contributed by atoms with Gasteiger partial charge in [0.2, 0.25) is 5.91 Å². The molecule has 6 heteroatoms. The number of halogens is 2. The van der Waals surface area contributed by atoms with Crippen LogP contribution in [0.5, 0.6) is 5.75 Å². The number of amides is 1. The lowest BCUT2D eigenvalue weighted by Gasteiger charge is -2.17. The first-order valence-corrected chi connectivity index (χ1v) is 7.95. The van der Waals surface area contributed by atoms with E-state index in [2.05, 4.69) is 5.32 Å². The summed E-state index contributed by atoms with van der Waals surface area (Å²) in [6, 6.07) is 11.8. The van der Waals surface area contributed by atoms with E-state index in [0.717, 1.165) is 5.75 Å². The van der Waals surface area contributed by atoms with Crippen molar-refractivity contribution in [3.05, 3.63) is 58.9 Å². The molecule has 2 aromatic rings. The Kier molecular flexibility index (Phi) is 6.58. The van der Waals surface area contributed by atoms with Gasteiger partial charge in [-0.05, 0) is 44.3 Å². The molecule has 0 aliphatic rings. The third kappa shape index (κ3) is 5.83. The van der Waals surface area contributed by atoms with Crippen LogP contribution in [0.2, 0.25) is 5.02 Å². The summed E-state index contributed by atoms with van der Waals surface area (Å²) in [5.41, 5.74) is 1.25. The van der Waals surface area contributed by atoms with Gasteiger partial charge < -0.3 is 10.1 Å². The van der Waals surface area contributed by atoms with Crippen LogP contribution in [0.25, 0.3) is 0 Å². The van der Waals surface area contributed by atoms with Crippen molar-refractivity contribution in [2.75, 3.05) is 32.1 Å². The van der Waals surface area contributed by atoms with Crippen LogP contribution in [-0.2, 0) is 4.79 Å². The second-order valence-corrected chi connectivity index (χ2v) is 6.01. The molecule has 0 spiro atoms. The van der Waals surface area contributed by atoms with Crippen LogP contribution >= 0.6 is 11.6 Å². The number of hydrogen-bond donors (Lipinski definition) is 1. The molecule has 0 unspecified atom stereocenters. The zero-order chi connectivity index (χ0) is 17.5. The van der Waals surface area contributed by atoms with Crippen LogP contribution < -0.4 is 10.1 Å². The number of ether oxygens (including phenoxy) is 1. The summed E-state index contributed by atoms with van der Waals surface area (Å²) in [6.07, 6.45) is 0. The fourth-order valence-electron chi connectivity index (χ4n) is 2.06. The first-order valence-electron chi connectivity index (χ1n) is 7.57. The van der Waals surface area contributed by atoms with E-state index in [1.54, 1.807) is 11.9 Å². The molecule has 2 aromatic carbocycles. The maximum absolute atomic E-state index is 13.6. The Morgan fingerprint density at radius 1 is 1.25 bits per heavy atom. The number of carbonyl (C=O) groups excluding carboxylic acids is 1. The van der Waals surface area contributed by atoms with Gasteiger partial charge in [0.1, 0.15) is 18.2 Å². The summed E-state index contributed by atoms with van der Waals surface area (Å²) in [7, 11) is 1.80. The third-order valence-corrected chi connectivity index (χ3v) is 3.61. The largest absolute Gasteiger partial charge is 0.492 e. The number of benzene rings is 2. The Labute approximate surface area is 146 Å². The number of nitrogens with one attached hydrogen (secondary N) is 1. The summed E-state index contributed by atoms with van der Waals surface area (Å²) in [5, 5.41) is 2.88. The molecule has 2 rings (SSSR count). The predicted molar refractivity (Wildman–Crippen MR) is 94.2 cm³/mol. The van der Waals surface area contributed by atoms with Crippen molar-refractivity contribution in [1.82, 2.24) is 4.90 Å². The molecule has 24 heavy (non-hydrogen) atoms. The molecule has 0 saturated heterocycles. The van der Waals surface area contributed by atoms with Crippen molar-refractivity contribution in [2.45, 2.75) is 6.92 Å². The maximum Gasteiger partial charge on any atom is 0.238 e. The number of carbonyl (C=O) groups is 1. The minimum Gasteiger partial charge on any atom is -0.492 e. The van der Waals surface area contributed by atoms with Gasteiger partial charge in [-0.25, -0.2) is 4.39 Å². The number of anilines is 1. The van der Waals surface area contributed by atoms with Gasteiger partial charge in [0.15, 0.2) is 0 Å². The molecule has 0 aromatic heterocycles. The highest BCUT2D eigenvalue weighted by atomic mass is 35.5. The molecule has 1 N–H and O–H groups in total. The molecule has 0 heterocycles. The number of rotatable bonds is 7. The van der Waals surface area contributed by atoms with Crippen LogP contribution in [0.1, 0.15) is 5.56 Å². The van der Waals surface area contributed by atoms with E-state index in [1.807, 2.05) is 31.2 Å². The monoisotopic (exact) mass is 350 g/mol. The lowest BCUT2D eigenvalue weighted by Crippen LogP contribution is -2.33. The molecule has 4 nitrogen and oxygen atoms in total. The standard InChI is InChI=1S/C18H20ClFN2O2/c1-13-3-6-15(7-4-13)24-10-9-22(2)12-18(23)21-17-11-14(19)5-8-16(17)20/h3-8,11H,9-10,12H2,1-2H3,(H,21,23). The molecular weight excluding hydrogens is 331 g/mol. The predicted octanol–water partition coefficient (Wildman–Crippen LogP) is 3.74. The second kappa shape index (κ2) is 8.66. The van der Waals surface area contributed by atoms with Gasteiger partial charge in [-0.2, -0.15) is 0 Å². The molecule has 0 radical (unpaired) electrons. The molecule has 0 aliphatic carbocycles. The van der Waals surface area contributed by atoms with Crippen LogP contribution in [0.15, 0.2) is 42.5 Å². The van der Waals surface area contributed by atoms with Gasteiger partial charge in [-0.15, -0.1) is 0 Å². The van der Waals surface area contributed by atoms with Crippen molar-refractivity contribution >= 4 is 23.2 Å². The van der Waals surface area contributed by atoms with Crippen molar-refractivity contribution in [2.24, 2.45) is 0 Å². The highest BCUT2D eigenvalue weighted by Crippen LogP contribution is 2.19. The number of nitrogens with zero attached hydrogens (tertiary/aromatic N) is 1. The highest BCUT2D eigenvalue weighted by Gasteiger charge is 2.10. The van der Waals surface area contributed by atoms with Crippen LogP contribution in [0.4, 0.5) is 10.1 Å². The highest BCUT2D eigenvalue weighted by molar-refractivity contribution is 6.30. The molecule has 1 amide bonds. The summed E-state index contributed by atoms with van der Waals surface area (Å²) >= 11 is 5.80. The second-order valence-electron chi connectivity index (χ2n) is 5.57. The summed E-state index contributed by atoms with van der Waals surface area (Å²) in [5.74, 6) is -0.0356. The van der Waals surface area contributed by atoms with E-state index in [-0.39, 0.29) is 18.1 Å². The normalized spacial score (nSPS) is 10.7. The Hall–Kier alpha value is -2.11. The fraction of sp³-hybridized carbons (Fsp3) is 0.278. The lowest BCUT2D eigenvalue weighted by atomic mass is 10.2. The molecule has 0 bridgehead atoms. The number of aryl methyl sites for hydroxylation is 1.